The smallest absolute Gasteiger partial charge is 0.305 e. The second-order valence-corrected chi connectivity index (χ2v) is 6.42. The summed E-state index contributed by atoms with van der Waals surface area (Å²) in [4.78, 5) is 22.3. The van der Waals surface area contributed by atoms with Crippen molar-refractivity contribution in [3.05, 3.63) is 0 Å². The Kier molecular flexibility index (Phi) is 7.11. The first kappa shape index (κ1) is 17.9. The van der Waals surface area contributed by atoms with E-state index in [9.17, 15) is 14.7 Å². The molecule has 0 radical (unpaired) electrons. The third-order valence-electron chi connectivity index (χ3n) is 4.23. The first-order valence-corrected chi connectivity index (χ1v) is 7.73. The zero-order chi connectivity index (χ0) is 16.0. The van der Waals surface area contributed by atoms with Crippen LogP contribution >= 0.6 is 0 Å². The van der Waals surface area contributed by atoms with Crippen LogP contribution in [0.4, 0.5) is 0 Å². The Hall–Kier alpha value is -1.14. The molecule has 0 aromatic carbocycles. The van der Waals surface area contributed by atoms with E-state index in [4.69, 9.17) is 10.8 Å². The molecule has 0 bridgehead atoms. The predicted octanol–water partition coefficient (Wildman–Crippen LogP) is 0.728. The number of rotatable bonds is 10. The van der Waals surface area contributed by atoms with Crippen molar-refractivity contribution in [1.82, 2.24) is 5.32 Å². The molecule has 0 saturated heterocycles. The van der Waals surface area contributed by atoms with Crippen molar-refractivity contribution in [3.8, 4) is 0 Å². The summed E-state index contributed by atoms with van der Waals surface area (Å²) in [5.41, 5.74) is 5.51. The van der Waals surface area contributed by atoms with E-state index >= 15 is 0 Å². The minimum Gasteiger partial charge on any atom is -0.481 e. The van der Waals surface area contributed by atoms with Crippen LogP contribution in [0, 0.1) is 17.8 Å². The lowest BCUT2D eigenvalue weighted by Crippen LogP contribution is -2.47. The maximum absolute atomic E-state index is 11.8. The predicted molar refractivity (Wildman–Crippen MR) is 79.5 cm³/mol. The van der Waals surface area contributed by atoms with E-state index in [-0.39, 0.29) is 12.6 Å². The molecule has 0 aliphatic heterocycles. The van der Waals surface area contributed by atoms with E-state index in [1.807, 2.05) is 0 Å². The molecular formula is C15H28N2O4. The number of nitrogens with one attached hydrogen (secondary N) is 1. The standard InChI is InChI=1S/C15H28N2O4/c1-9(2)12(10-3-4-10)6-5-11(8-18)17-15(21)13(16)7-14(19)20/h9-13,18H,3-8,16H2,1-2H3,(H,17,21)(H,19,20)/t11?,12?,13-/m0/s1. The van der Waals surface area contributed by atoms with E-state index in [2.05, 4.69) is 19.2 Å². The third kappa shape index (κ3) is 6.44. The van der Waals surface area contributed by atoms with Gasteiger partial charge in [-0.05, 0) is 43.4 Å². The molecule has 1 fully saturated rings. The fourth-order valence-electron chi connectivity index (χ4n) is 2.83. The molecule has 1 rings (SSSR count). The molecule has 122 valence electrons. The van der Waals surface area contributed by atoms with Crippen LogP contribution in [0.3, 0.4) is 0 Å². The molecule has 5 N–H and O–H groups in total. The van der Waals surface area contributed by atoms with Gasteiger partial charge < -0.3 is 21.3 Å². The molecular weight excluding hydrogens is 272 g/mol. The lowest BCUT2D eigenvalue weighted by atomic mass is 9.86. The minimum atomic E-state index is -1.10. The van der Waals surface area contributed by atoms with E-state index in [1.165, 1.54) is 12.8 Å². The molecule has 21 heavy (non-hydrogen) atoms. The number of aliphatic carboxylic acids is 1. The van der Waals surface area contributed by atoms with Gasteiger partial charge in [0.15, 0.2) is 0 Å². The van der Waals surface area contributed by atoms with Gasteiger partial charge in [-0.1, -0.05) is 13.8 Å². The Balaban J connectivity index is 2.39. The molecule has 0 spiro atoms. The SMILES string of the molecule is CC(C)C(CCC(CO)NC(=O)[C@@H](N)CC(=O)O)C1CC1. The van der Waals surface area contributed by atoms with Crippen LogP contribution in [0.15, 0.2) is 0 Å². The summed E-state index contributed by atoms with van der Waals surface area (Å²) in [6, 6.07) is -1.42. The highest BCUT2D eigenvalue weighted by molar-refractivity contribution is 5.86. The van der Waals surface area contributed by atoms with E-state index in [0.717, 1.165) is 12.3 Å². The fourth-order valence-corrected chi connectivity index (χ4v) is 2.83. The molecule has 0 heterocycles. The molecule has 1 aliphatic carbocycles. The van der Waals surface area contributed by atoms with Crippen molar-refractivity contribution >= 4 is 11.9 Å². The summed E-state index contributed by atoms with van der Waals surface area (Å²) in [6.07, 6.45) is 3.81. The van der Waals surface area contributed by atoms with Crippen molar-refractivity contribution in [2.24, 2.45) is 23.5 Å². The van der Waals surface area contributed by atoms with E-state index in [0.29, 0.717) is 18.3 Å². The van der Waals surface area contributed by atoms with Gasteiger partial charge in [0.1, 0.15) is 0 Å². The monoisotopic (exact) mass is 300 g/mol. The molecule has 6 heteroatoms. The number of carboxylic acids is 1. The number of carbonyl (C=O) groups excluding carboxylic acids is 1. The lowest BCUT2D eigenvalue weighted by molar-refractivity contribution is -0.139. The highest BCUT2D eigenvalue weighted by Crippen LogP contribution is 2.42. The van der Waals surface area contributed by atoms with E-state index in [1.54, 1.807) is 0 Å². The Morgan fingerprint density at radius 3 is 2.33 bits per heavy atom. The molecule has 1 amide bonds. The average molecular weight is 300 g/mol. The maximum Gasteiger partial charge on any atom is 0.305 e. The summed E-state index contributed by atoms with van der Waals surface area (Å²) < 4.78 is 0. The molecule has 2 unspecified atom stereocenters. The van der Waals surface area contributed by atoms with Crippen LogP contribution in [0.2, 0.25) is 0 Å². The van der Waals surface area contributed by atoms with Crippen molar-refractivity contribution in [3.63, 3.8) is 0 Å². The molecule has 1 aliphatic rings. The summed E-state index contributed by atoms with van der Waals surface area (Å²) in [6.45, 7) is 4.26. The first-order valence-electron chi connectivity index (χ1n) is 7.73. The summed E-state index contributed by atoms with van der Waals surface area (Å²) in [7, 11) is 0. The van der Waals surface area contributed by atoms with Crippen LogP contribution in [-0.2, 0) is 9.59 Å². The summed E-state index contributed by atoms with van der Waals surface area (Å²) in [5.74, 6) is 0.399. The maximum atomic E-state index is 11.8. The quantitative estimate of drug-likeness (QED) is 0.475. The van der Waals surface area contributed by atoms with Crippen LogP contribution in [0.1, 0.15) is 46.0 Å². The molecule has 0 aromatic heterocycles. The van der Waals surface area contributed by atoms with Crippen molar-refractivity contribution in [2.75, 3.05) is 6.61 Å². The van der Waals surface area contributed by atoms with Gasteiger partial charge in [-0.3, -0.25) is 9.59 Å². The highest BCUT2D eigenvalue weighted by atomic mass is 16.4. The number of nitrogens with two attached hydrogens (primary N) is 1. The van der Waals surface area contributed by atoms with Crippen molar-refractivity contribution in [1.29, 1.82) is 0 Å². The topological polar surface area (TPSA) is 113 Å². The second kappa shape index (κ2) is 8.34. The van der Waals surface area contributed by atoms with Gasteiger partial charge in [-0.2, -0.15) is 0 Å². The first-order chi connectivity index (χ1) is 9.85. The Morgan fingerprint density at radius 1 is 1.29 bits per heavy atom. The van der Waals surface area contributed by atoms with Gasteiger partial charge in [0, 0.05) is 0 Å². The zero-order valence-electron chi connectivity index (χ0n) is 12.9. The lowest BCUT2D eigenvalue weighted by Gasteiger charge is -2.24. The van der Waals surface area contributed by atoms with Crippen LogP contribution in [0.25, 0.3) is 0 Å². The van der Waals surface area contributed by atoms with Crippen molar-refractivity contribution in [2.45, 2.75) is 58.0 Å². The van der Waals surface area contributed by atoms with Crippen molar-refractivity contribution < 1.29 is 19.8 Å². The summed E-state index contributed by atoms with van der Waals surface area (Å²) >= 11 is 0. The number of carboxylic acid groups (broad SMARTS) is 1. The van der Waals surface area contributed by atoms with Crippen LogP contribution < -0.4 is 11.1 Å². The normalized spacial score (nSPS) is 19.1. The van der Waals surface area contributed by atoms with Gasteiger partial charge in [0.05, 0.1) is 25.1 Å². The Morgan fingerprint density at radius 2 is 1.90 bits per heavy atom. The number of hydrogen-bond donors (Lipinski definition) is 4. The number of aliphatic hydroxyl groups is 1. The molecule has 0 aromatic rings. The van der Waals surface area contributed by atoms with Crippen LogP contribution in [0.5, 0.6) is 0 Å². The fraction of sp³-hybridized carbons (Fsp3) is 0.867. The van der Waals surface area contributed by atoms with Gasteiger partial charge in [-0.25, -0.2) is 0 Å². The van der Waals surface area contributed by atoms with Gasteiger partial charge >= 0.3 is 5.97 Å². The Labute approximate surface area is 126 Å². The van der Waals surface area contributed by atoms with Gasteiger partial charge in [-0.15, -0.1) is 0 Å². The second-order valence-electron chi connectivity index (χ2n) is 6.42. The highest BCUT2D eigenvalue weighted by Gasteiger charge is 2.33. The number of aliphatic hydroxyl groups excluding tert-OH is 1. The molecule has 6 nitrogen and oxygen atoms in total. The molecule has 3 atom stereocenters. The number of carbonyl (C=O) groups is 2. The number of amides is 1. The minimum absolute atomic E-state index is 0.152. The Bertz CT molecular complexity index is 354. The third-order valence-corrected chi connectivity index (χ3v) is 4.23. The van der Waals surface area contributed by atoms with Gasteiger partial charge in [0.25, 0.3) is 0 Å². The van der Waals surface area contributed by atoms with Crippen LogP contribution in [-0.4, -0.2) is 40.8 Å². The molecule has 1 saturated carbocycles. The zero-order valence-corrected chi connectivity index (χ0v) is 12.9. The average Bonchev–Trinajstić information content (AvgIpc) is 3.20. The van der Waals surface area contributed by atoms with Gasteiger partial charge in [0.2, 0.25) is 5.91 Å². The largest absolute Gasteiger partial charge is 0.481 e. The number of hydrogen-bond acceptors (Lipinski definition) is 4. The summed E-state index contributed by atoms with van der Waals surface area (Å²) in [5, 5.41) is 20.6. The van der Waals surface area contributed by atoms with E-state index < -0.39 is 24.3 Å².